The van der Waals surface area contributed by atoms with Crippen molar-refractivity contribution in [1.29, 1.82) is 0 Å². The molecule has 1 aliphatic rings. The number of hydrogen-bond donors (Lipinski definition) is 2. The fourth-order valence-electron chi connectivity index (χ4n) is 1.93. The molecular weight excluding hydrogens is 271 g/mol. The van der Waals surface area contributed by atoms with Gasteiger partial charge < -0.3 is 15.0 Å². The quantitative estimate of drug-likeness (QED) is 0.664. The number of pyridine rings is 1. The van der Waals surface area contributed by atoms with Crippen LogP contribution in [0, 0.1) is 0 Å². The summed E-state index contributed by atoms with van der Waals surface area (Å²) < 4.78 is 12.1. The highest BCUT2D eigenvalue weighted by molar-refractivity contribution is 7.80. The molecular formula is C14H21BN2O2S. The molecule has 2 heterocycles. The highest BCUT2D eigenvalue weighted by atomic mass is 32.1. The maximum Gasteiger partial charge on any atom is 0.491 e. The zero-order valence-electron chi connectivity index (χ0n) is 12.4. The van der Waals surface area contributed by atoms with E-state index < -0.39 is 7.12 Å². The van der Waals surface area contributed by atoms with Crippen molar-refractivity contribution in [2.45, 2.75) is 38.9 Å². The highest BCUT2D eigenvalue weighted by Gasteiger charge is 2.52. The van der Waals surface area contributed by atoms with Gasteiger partial charge in [-0.05, 0) is 45.3 Å². The second-order valence-corrected chi connectivity index (χ2v) is 6.26. The normalized spacial score (nSPS) is 21.2. The molecule has 0 amide bonds. The van der Waals surface area contributed by atoms with Crippen molar-refractivity contribution >= 4 is 31.6 Å². The van der Waals surface area contributed by atoms with E-state index >= 15 is 0 Å². The molecule has 4 nitrogen and oxygen atoms in total. The lowest BCUT2D eigenvalue weighted by molar-refractivity contribution is 0.00578. The van der Waals surface area contributed by atoms with Gasteiger partial charge in [-0.3, -0.25) is 0 Å². The van der Waals surface area contributed by atoms with Gasteiger partial charge in [-0.2, -0.15) is 12.6 Å². The Morgan fingerprint density at radius 1 is 1.35 bits per heavy atom. The Hall–Kier alpha value is -0.975. The molecule has 1 aromatic heterocycles. The second-order valence-electron chi connectivity index (χ2n) is 5.94. The van der Waals surface area contributed by atoms with Crippen molar-refractivity contribution in [2.24, 2.45) is 0 Å². The molecule has 2 N–H and O–H groups in total. The van der Waals surface area contributed by atoms with E-state index in [-0.39, 0.29) is 11.2 Å². The summed E-state index contributed by atoms with van der Waals surface area (Å²) >= 11 is 4.38. The van der Waals surface area contributed by atoms with Gasteiger partial charge >= 0.3 is 7.12 Å². The number of hydrogen-bond acceptors (Lipinski definition) is 5. The zero-order chi connectivity index (χ0) is 15.0. The van der Waals surface area contributed by atoms with E-state index in [4.69, 9.17) is 15.0 Å². The van der Waals surface area contributed by atoms with Crippen LogP contribution < -0.4 is 5.73 Å². The molecule has 1 aromatic rings. The molecule has 6 heteroatoms. The smallest absolute Gasteiger partial charge is 0.400 e. The molecule has 108 valence electrons. The van der Waals surface area contributed by atoms with E-state index in [0.717, 1.165) is 11.0 Å². The van der Waals surface area contributed by atoms with Crippen LogP contribution >= 0.6 is 12.6 Å². The Bertz CT molecular complexity index is 516. The fourth-order valence-corrected chi connectivity index (χ4v) is 2.17. The van der Waals surface area contributed by atoms with Crippen LogP contribution in [0.15, 0.2) is 23.8 Å². The first kappa shape index (κ1) is 15.4. The lowest BCUT2D eigenvalue weighted by atomic mass is 9.78. The molecule has 1 aliphatic heterocycles. The van der Waals surface area contributed by atoms with Gasteiger partial charge in [0.1, 0.15) is 5.82 Å². The van der Waals surface area contributed by atoms with Gasteiger partial charge in [0.2, 0.25) is 0 Å². The third kappa shape index (κ3) is 2.87. The third-order valence-corrected chi connectivity index (χ3v) is 4.32. The van der Waals surface area contributed by atoms with Gasteiger partial charge in [0.05, 0.1) is 11.2 Å². The van der Waals surface area contributed by atoms with Crippen molar-refractivity contribution in [3.63, 3.8) is 0 Å². The van der Waals surface area contributed by atoms with Crippen LogP contribution in [-0.2, 0) is 9.31 Å². The van der Waals surface area contributed by atoms with E-state index in [1.54, 1.807) is 6.20 Å². The molecule has 0 unspecified atom stereocenters. The molecule has 1 saturated heterocycles. The van der Waals surface area contributed by atoms with Gasteiger partial charge in [-0.15, -0.1) is 0 Å². The maximum atomic E-state index is 6.03. The molecule has 1 fully saturated rings. The molecule has 0 radical (unpaired) electrons. The summed E-state index contributed by atoms with van der Waals surface area (Å²) in [6.07, 6.45) is 3.61. The van der Waals surface area contributed by atoms with Crippen LogP contribution in [0.3, 0.4) is 0 Å². The molecule has 0 atom stereocenters. The number of nitrogens with two attached hydrogens (primary N) is 1. The van der Waals surface area contributed by atoms with Crippen molar-refractivity contribution in [3.05, 3.63) is 29.4 Å². The summed E-state index contributed by atoms with van der Waals surface area (Å²) in [7, 11) is -0.405. The maximum absolute atomic E-state index is 6.03. The third-order valence-electron chi connectivity index (χ3n) is 3.95. The Kier molecular flexibility index (Phi) is 4.18. The molecule has 2 rings (SSSR count). The minimum Gasteiger partial charge on any atom is -0.400 e. The van der Waals surface area contributed by atoms with Crippen molar-refractivity contribution in [1.82, 2.24) is 4.98 Å². The standard InChI is InChI=1S/C14H21BN2O2S/c1-13(2)14(3,4)19-15(18-13)11(9-20)8-10-6-5-7-17-12(10)16/h5-8,20H,9H2,1-4H3,(H2,16,17). The van der Waals surface area contributed by atoms with E-state index in [2.05, 4.69) is 17.6 Å². The van der Waals surface area contributed by atoms with E-state index in [1.807, 2.05) is 45.9 Å². The predicted octanol–water partition coefficient (Wildman–Crippen LogP) is 2.61. The zero-order valence-corrected chi connectivity index (χ0v) is 13.3. The summed E-state index contributed by atoms with van der Waals surface area (Å²) in [5.41, 5.74) is 6.93. The predicted molar refractivity (Wildman–Crippen MR) is 86.6 cm³/mol. The topological polar surface area (TPSA) is 57.4 Å². The molecule has 0 aromatic carbocycles. The summed E-state index contributed by atoms with van der Waals surface area (Å²) in [5, 5.41) is 0. The van der Waals surface area contributed by atoms with Gasteiger partial charge in [-0.1, -0.05) is 6.08 Å². The van der Waals surface area contributed by atoms with Crippen LogP contribution in [0.4, 0.5) is 5.82 Å². The first-order valence-electron chi connectivity index (χ1n) is 6.64. The fraction of sp³-hybridized carbons (Fsp3) is 0.500. The van der Waals surface area contributed by atoms with E-state index in [1.165, 1.54) is 0 Å². The number of nitrogens with zero attached hydrogens (tertiary/aromatic N) is 1. The molecule has 0 spiro atoms. The molecule has 0 aliphatic carbocycles. The van der Waals surface area contributed by atoms with Crippen LogP contribution in [0.25, 0.3) is 6.08 Å². The SMILES string of the molecule is CC1(C)OB(C(=Cc2cccnc2N)CS)OC1(C)C. The monoisotopic (exact) mass is 292 g/mol. The summed E-state index contributed by atoms with van der Waals surface area (Å²) in [6, 6.07) is 3.76. The van der Waals surface area contributed by atoms with Crippen LogP contribution in [0.1, 0.15) is 33.3 Å². The van der Waals surface area contributed by atoms with Gasteiger partial charge in [0.15, 0.2) is 0 Å². The van der Waals surface area contributed by atoms with Crippen molar-refractivity contribution in [3.8, 4) is 0 Å². The van der Waals surface area contributed by atoms with Gasteiger partial charge in [0.25, 0.3) is 0 Å². The Labute approximate surface area is 126 Å². The van der Waals surface area contributed by atoms with Gasteiger partial charge in [0, 0.05) is 17.5 Å². The molecule has 0 saturated carbocycles. The highest BCUT2D eigenvalue weighted by Crippen LogP contribution is 2.39. The van der Waals surface area contributed by atoms with Crippen LogP contribution in [-0.4, -0.2) is 29.1 Å². The van der Waals surface area contributed by atoms with Crippen LogP contribution in [0.5, 0.6) is 0 Å². The molecule has 0 bridgehead atoms. The molecule has 20 heavy (non-hydrogen) atoms. The number of aromatic nitrogens is 1. The minimum absolute atomic E-state index is 0.361. The number of rotatable bonds is 3. The summed E-state index contributed by atoms with van der Waals surface area (Å²) in [6.45, 7) is 8.12. The van der Waals surface area contributed by atoms with Crippen LogP contribution in [0.2, 0.25) is 0 Å². The first-order chi connectivity index (χ1) is 9.27. The number of thiol groups is 1. The second kappa shape index (κ2) is 5.43. The average Bonchev–Trinajstić information content (AvgIpc) is 2.57. The number of nitrogen functional groups attached to an aromatic ring is 1. The largest absolute Gasteiger partial charge is 0.491 e. The Morgan fingerprint density at radius 3 is 2.45 bits per heavy atom. The average molecular weight is 292 g/mol. The van der Waals surface area contributed by atoms with Crippen molar-refractivity contribution < 1.29 is 9.31 Å². The Balaban J connectivity index is 2.29. The number of anilines is 1. The van der Waals surface area contributed by atoms with Crippen molar-refractivity contribution in [2.75, 3.05) is 11.5 Å². The Morgan fingerprint density at radius 2 is 1.95 bits per heavy atom. The first-order valence-corrected chi connectivity index (χ1v) is 7.27. The van der Waals surface area contributed by atoms with E-state index in [0.29, 0.717) is 11.6 Å². The minimum atomic E-state index is -0.405. The summed E-state index contributed by atoms with van der Waals surface area (Å²) in [4.78, 5) is 4.08. The lowest BCUT2D eigenvalue weighted by Crippen LogP contribution is -2.41. The van der Waals surface area contributed by atoms with E-state index in [9.17, 15) is 0 Å². The summed E-state index contributed by atoms with van der Waals surface area (Å²) in [5.74, 6) is 1.02. The lowest BCUT2D eigenvalue weighted by Gasteiger charge is -2.32. The van der Waals surface area contributed by atoms with Gasteiger partial charge in [-0.25, -0.2) is 4.98 Å².